The van der Waals surface area contributed by atoms with Crippen molar-refractivity contribution in [1.82, 2.24) is 4.72 Å². The zero-order valence-electron chi connectivity index (χ0n) is 10.9. The molecule has 7 heteroatoms. The molecule has 0 bridgehead atoms. The number of hydrogen-bond donors (Lipinski definition) is 2. The first-order valence-corrected chi connectivity index (χ1v) is 8.77. The minimum atomic E-state index is -3.67. The second-order valence-corrected chi connectivity index (χ2v) is 7.50. The largest absolute Gasteiger partial charge is 0.392 e. The first-order chi connectivity index (χ1) is 9.45. The number of aliphatic hydroxyl groups is 1. The lowest BCUT2D eigenvalue weighted by atomic mass is 9.83. The molecular weight excluding hydrogens is 321 g/mol. The predicted molar refractivity (Wildman–Crippen MR) is 79.5 cm³/mol. The molecule has 4 nitrogen and oxygen atoms in total. The van der Waals surface area contributed by atoms with E-state index in [0.29, 0.717) is 12.5 Å². The summed E-state index contributed by atoms with van der Waals surface area (Å²) in [5.74, 6) is 0.631. The maximum Gasteiger partial charge on any atom is 0.242 e. The molecule has 0 atom stereocenters. The third-order valence-corrected chi connectivity index (χ3v) is 6.07. The Hall–Kier alpha value is -0.330. The molecule has 1 aromatic rings. The number of sulfonamides is 1. The van der Waals surface area contributed by atoms with E-state index in [-0.39, 0.29) is 20.5 Å². The van der Waals surface area contributed by atoms with E-state index in [1.165, 1.54) is 31.4 Å². The van der Waals surface area contributed by atoms with Crippen LogP contribution in [0.25, 0.3) is 0 Å². The maximum atomic E-state index is 12.2. The Labute approximate surface area is 129 Å². The van der Waals surface area contributed by atoms with Crippen molar-refractivity contribution in [3.63, 3.8) is 0 Å². The molecule has 0 aliphatic heterocycles. The van der Waals surface area contributed by atoms with E-state index in [2.05, 4.69) is 4.72 Å². The van der Waals surface area contributed by atoms with Crippen LogP contribution in [0.1, 0.15) is 31.2 Å². The van der Waals surface area contributed by atoms with Crippen molar-refractivity contribution in [3.8, 4) is 0 Å². The average molecular weight is 338 g/mol. The van der Waals surface area contributed by atoms with Gasteiger partial charge in [-0.1, -0.05) is 42.5 Å². The molecular formula is C13H17Cl2NO3S. The fraction of sp³-hybridized carbons (Fsp3) is 0.538. The fourth-order valence-electron chi connectivity index (χ4n) is 2.19. The van der Waals surface area contributed by atoms with Gasteiger partial charge in [-0.05, 0) is 24.5 Å². The number of aliphatic hydroxyl groups excluding tert-OH is 1. The van der Waals surface area contributed by atoms with E-state index in [1.54, 1.807) is 0 Å². The zero-order chi connectivity index (χ0) is 14.8. The van der Waals surface area contributed by atoms with Gasteiger partial charge < -0.3 is 5.11 Å². The summed E-state index contributed by atoms with van der Waals surface area (Å²) in [5.41, 5.74) is 0.232. The Morgan fingerprint density at radius 2 is 2.00 bits per heavy atom. The maximum absolute atomic E-state index is 12.2. The van der Waals surface area contributed by atoms with Gasteiger partial charge in [0, 0.05) is 17.1 Å². The Morgan fingerprint density at radius 1 is 1.30 bits per heavy atom. The van der Waals surface area contributed by atoms with Gasteiger partial charge in [-0.25, -0.2) is 13.1 Å². The van der Waals surface area contributed by atoms with Gasteiger partial charge in [-0.3, -0.25) is 0 Å². The van der Waals surface area contributed by atoms with Crippen LogP contribution < -0.4 is 4.72 Å². The molecule has 0 spiro atoms. The van der Waals surface area contributed by atoms with Gasteiger partial charge in [0.05, 0.1) is 11.6 Å². The van der Waals surface area contributed by atoms with E-state index in [9.17, 15) is 13.5 Å². The molecule has 0 aromatic heterocycles. The van der Waals surface area contributed by atoms with Gasteiger partial charge in [0.1, 0.15) is 4.90 Å². The van der Waals surface area contributed by atoms with Crippen LogP contribution in [0.2, 0.25) is 10.0 Å². The summed E-state index contributed by atoms with van der Waals surface area (Å²) in [6, 6.07) is 2.79. The smallest absolute Gasteiger partial charge is 0.242 e. The number of hydrogen-bond acceptors (Lipinski definition) is 3. The average Bonchev–Trinajstić information content (AvgIpc) is 2.32. The highest BCUT2D eigenvalue weighted by molar-refractivity contribution is 7.89. The number of nitrogens with one attached hydrogen (secondary N) is 1. The summed E-state index contributed by atoms with van der Waals surface area (Å²) in [6.07, 6.45) is 4.44. The molecule has 1 fully saturated rings. The van der Waals surface area contributed by atoms with E-state index >= 15 is 0 Å². The number of halogens is 2. The summed E-state index contributed by atoms with van der Waals surface area (Å²) in [4.78, 5) is -0.0405. The summed E-state index contributed by atoms with van der Waals surface area (Å²) in [7, 11) is -3.67. The summed E-state index contributed by atoms with van der Waals surface area (Å²) >= 11 is 11.9. The molecule has 0 amide bonds. The predicted octanol–water partition coefficient (Wildman–Crippen LogP) is 2.95. The molecule has 1 aromatic carbocycles. The Bertz CT molecular complexity index is 586. The van der Waals surface area contributed by atoms with Gasteiger partial charge in [0.25, 0.3) is 0 Å². The van der Waals surface area contributed by atoms with Gasteiger partial charge in [-0.15, -0.1) is 0 Å². The van der Waals surface area contributed by atoms with E-state index in [1.807, 2.05) is 0 Å². The minimum Gasteiger partial charge on any atom is -0.392 e. The quantitative estimate of drug-likeness (QED) is 0.838. The van der Waals surface area contributed by atoms with Crippen molar-refractivity contribution in [2.24, 2.45) is 5.92 Å². The van der Waals surface area contributed by atoms with Crippen LogP contribution in [0.3, 0.4) is 0 Å². The third kappa shape index (κ3) is 3.46. The van der Waals surface area contributed by atoms with Crippen LogP contribution in [-0.2, 0) is 16.6 Å². The van der Waals surface area contributed by atoms with E-state index < -0.39 is 16.6 Å². The lowest BCUT2D eigenvalue weighted by Crippen LogP contribution is -2.28. The standard InChI is InChI=1S/C13H17Cl2NO3S/c14-11-4-5-12(13(15)10(11)8-17)20(18,19)16-7-6-9-2-1-3-9/h4-5,9,16-17H,1-3,6-8H2. The third-order valence-electron chi connectivity index (χ3n) is 3.67. The molecule has 1 aliphatic rings. The van der Waals surface area contributed by atoms with Crippen molar-refractivity contribution in [1.29, 1.82) is 0 Å². The van der Waals surface area contributed by atoms with Crippen LogP contribution in [0, 0.1) is 5.92 Å². The van der Waals surface area contributed by atoms with Crippen molar-refractivity contribution in [3.05, 3.63) is 27.7 Å². The van der Waals surface area contributed by atoms with Gasteiger partial charge in [0.2, 0.25) is 10.0 Å². The summed E-state index contributed by atoms with van der Waals surface area (Å²) in [5, 5.41) is 9.43. The second-order valence-electron chi connectivity index (χ2n) is 4.98. The Balaban J connectivity index is 2.12. The zero-order valence-corrected chi connectivity index (χ0v) is 13.2. The van der Waals surface area contributed by atoms with Crippen LogP contribution in [-0.4, -0.2) is 20.1 Å². The molecule has 20 heavy (non-hydrogen) atoms. The molecule has 112 valence electrons. The minimum absolute atomic E-state index is 0.0175. The van der Waals surface area contributed by atoms with Crippen molar-refractivity contribution in [2.75, 3.05) is 6.54 Å². The highest BCUT2D eigenvalue weighted by Crippen LogP contribution is 2.31. The normalized spacial score (nSPS) is 16.1. The highest BCUT2D eigenvalue weighted by Gasteiger charge is 2.22. The molecule has 0 heterocycles. The first kappa shape index (κ1) is 16.0. The van der Waals surface area contributed by atoms with Crippen molar-refractivity contribution >= 4 is 33.2 Å². The molecule has 2 rings (SSSR count). The van der Waals surface area contributed by atoms with Crippen molar-refractivity contribution in [2.45, 2.75) is 37.2 Å². The lowest BCUT2D eigenvalue weighted by molar-refractivity contribution is 0.281. The lowest BCUT2D eigenvalue weighted by Gasteiger charge is -2.25. The second kappa shape index (κ2) is 6.62. The topological polar surface area (TPSA) is 66.4 Å². The van der Waals surface area contributed by atoms with Crippen LogP contribution in [0.5, 0.6) is 0 Å². The molecule has 0 saturated heterocycles. The van der Waals surface area contributed by atoms with Gasteiger partial charge in [0.15, 0.2) is 0 Å². The van der Waals surface area contributed by atoms with Crippen LogP contribution >= 0.6 is 23.2 Å². The number of benzene rings is 1. The monoisotopic (exact) mass is 337 g/mol. The fourth-order valence-corrected chi connectivity index (χ4v) is 4.13. The Morgan fingerprint density at radius 3 is 2.55 bits per heavy atom. The highest BCUT2D eigenvalue weighted by atomic mass is 35.5. The van der Waals surface area contributed by atoms with Crippen LogP contribution in [0.15, 0.2) is 17.0 Å². The first-order valence-electron chi connectivity index (χ1n) is 6.53. The van der Waals surface area contributed by atoms with Gasteiger partial charge in [-0.2, -0.15) is 0 Å². The molecule has 2 N–H and O–H groups in total. The van der Waals surface area contributed by atoms with E-state index in [0.717, 1.165) is 6.42 Å². The summed E-state index contributed by atoms with van der Waals surface area (Å²) in [6.45, 7) is 0.00349. The summed E-state index contributed by atoms with van der Waals surface area (Å²) < 4.78 is 26.9. The molecule has 1 aliphatic carbocycles. The molecule has 1 saturated carbocycles. The van der Waals surface area contributed by atoms with E-state index in [4.69, 9.17) is 23.2 Å². The SMILES string of the molecule is O=S(=O)(NCCC1CCC1)c1ccc(Cl)c(CO)c1Cl. The number of rotatable bonds is 6. The van der Waals surface area contributed by atoms with Crippen LogP contribution in [0.4, 0.5) is 0 Å². The molecule has 0 unspecified atom stereocenters. The van der Waals surface area contributed by atoms with Crippen molar-refractivity contribution < 1.29 is 13.5 Å². The Kier molecular flexibility index (Phi) is 5.31. The molecule has 0 radical (unpaired) electrons. The van der Waals surface area contributed by atoms with Gasteiger partial charge >= 0.3 is 0 Å².